The minimum absolute atomic E-state index is 0.0399. The van der Waals surface area contributed by atoms with Crippen molar-refractivity contribution in [3.63, 3.8) is 0 Å². The summed E-state index contributed by atoms with van der Waals surface area (Å²) in [5.74, 6) is -0.0750. The van der Waals surface area contributed by atoms with Crippen LogP contribution in [0, 0.1) is 17.3 Å². The van der Waals surface area contributed by atoms with Crippen molar-refractivity contribution in [2.24, 2.45) is 17.3 Å². The molecule has 2 N–H and O–H groups in total. The summed E-state index contributed by atoms with van der Waals surface area (Å²) < 4.78 is 0. The lowest BCUT2D eigenvalue weighted by Crippen LogP contribution is -2.46. The van der Waals surface area contributed by atoms with E-state index in [0.717, 1.165) is 32.2 Å². The summed E-state index contributed by atoms with van der Waals surface area (Å²) in [5.41, 5.74) is -0.234. The van der Waals surface area contributed by atoms with Crippen molar-refractivity contribution in [1.82, 2.24) is 15.5 Å². The molecule has 1 aliphatic heterocycles. The summed E-state index contributed by atoms with van der Waals surface area (Å²) in [6.45, 7) is 13.1. The molecule has 1 aliphatic rings. The zero-order valence-corrected chi connectivity index (χ0v) is 17.4. The molecule has 0 aliphatic carbocycles. The van der Waals surface area contributed by atoms with Crippen LogP contribution in [0.2, 0.25) is 0 Å². The van der Waals surface area contributed by atoms with Gasteiger partial charge in [-0.05, 0) is 38.0 Å². The Balaban J connectivity index is 2.59. The molecule has 3 unspecified atom stereocenters. The molecule has 26 heavy (non-hydrogen) atoms. The molecule has 1 fully saturated rings. The van der Waals surface area contributed by atoms with Crippen LogP contribution < -0.4 is 10.6 Å². The van der Waals surface area contributed by atoms with E-state index in [0.29, 0.717) is 6.42 Å². The van der Waals surface area contributed by atoms with E-state index >= 15 is 0 Å². The van der Waals surface area contributed by atoms with Crippen LogP contribution in [0.5, 0.6) is 0 Å². The van der Waals surface area contributed by atoms with Crippen LogP contribution in [-0.4, -0.2) is 41.9 Å². The van der Waals surface area contributed by atoms with Gasteiger partial charge in [-0.2, -0.15) is 0 Å². The van der Waals surface area contributed by atoms with E-state index in [2.05, 4.69) is 31.4 Å². The minimum atomic E-state index is -0.234. The van der Waals surface area contributed by atoms with Crippen molar-refractivity contribution >= 4 is 17.7 Å². The highest BCUT2D eigenvalue weighted by atomic mass is 16.2. The van der Waals surface area contributed by atoms with Crippen LogP contribution in [0.4, 0.5) is 0 Å². The smallest absolute Gasteiger partial charge is 0.225 e. The van der Waals surface area contributed by atoms with Gasteiger partial charge in [-0.15, -0.1) is 0 Å². The third-order valence-electron chi connectivity index (χ3n) is 5.72. The number of hydrogen-bond acceptors (Lipinski definition) is 3. The van der Waals surface area contributed by atoms with E-state index < -0.39 is 0 Å². The minimum Gasteiger partial charge on any atom is -0.340 e. The number of nitrogens with one attached hydrogen (secondary N) is 2. The van der Waals surface area contributed by atoms with E-state index in [-0.39, 0.29) is 47.7 Å². The molecule has 0 aromatic heterocycles. The highest BCUT2D eigenvalue weighted by Crippen LogP contribution is 2.36. The number of likely N-dealkylation sites (tertiary alicyclic amines) is 1. The zero-order chi connectivity index (χ0) is 19.9. The predicted molar refractivity (Wildman–Crippen MR) is 103 cm³/mol. The first-order valence-electron chi connectivity index (χ1n) is 9.98. The molecule has 0 spiro atoms. The van der Waals surface area contributed by atoms with Crippen molar-refractivity contribution < 1.29 is 14.4 Å². The maximum absolute atomic E-state index is 12.7. The van der Waals surface area contributed by atoms with Gasteiger partial charge in [0, 0.05) is 30.8 Å². The van der Waals surface area contributed by atoms with Crippen LogP contribution in [-0.2, 0) is 14.4 Å². The number of nitrogens with zero attached hydrogens (tertiary/aromatic N) is 1. The molecule has 3 amide bonds. The summed E-state index contributed by atoms with van der Waals surface area (Å²) >= 11 is 0. The average Bonchev–Trinajstić information content (AvgIpc) is 2.99. The molecule has 3 atom stereocenters. The van der Waals surface area contributed by atoms with Crippen molar-refractivity contribution in [3.8, 4) is 0 Å². The molecular weight excluding hydrogens is 330 g/mol. The van der Waals surface area contributed by atoms with E-state index in [1.807, 2.05) is 25.7 Å². The quantitative estimate of drug-likeness (QED) is 0.583. The van der Waals surface area contributed by atoms with Gasteiger partial charge in [0.05, 0.1) is 6.67 Å². The standard InChI is InChI=1S/C20H37N3O3/c1-7-14(3)18(25)21-13-22-19(26)16(8-2)20(5,6)12-15(4)23-11-9-10-17(23)24/h14-16H,7-13H2,1-6H3,(H,21,25)(H,22,26). The van der Waals surface area contributed by atoms with E-state index in [1.54, 1.807) is 0 Å². The number of amides is 3. The van der Waals surface area contributed by atoms with E-state index in [4.69, 9.17) is 0 Å². The van der Waals surface area contributed by atoms with Crippen LogP contribution in [0.25, 0.3) is 0 Å². The monoisotopic (exact) mass is 367 g/mol. The molecule has 0 radical (unpaired) electrons. The Bertz CT molecular complexity index is 505. The largest absolute Gasteiger partial charge is 0.340 e. The first kappa shape index (κ1) is 22.5. The molecule has 1 heterocycles. The van der Waals surface area contributed by atoms with Gasteiger partial charge in [0.2, 0.25) is 17.7 Å². The molecule has 0 saturated carbocycles. The van der Waals surface area contributed by atoms with Gasteiger partial charge in [0.25, 0.3) is 0 Å². The van der Waals surface area contributed by atoms with Gasteiger partial charge >= 0.3 is 0 Å². The summed E-state index contributed by atoms with van der Waals surface area (Å²) in [4.78, 5) is 38.4. The second kappa shape index (κ2) is 9.93. The number of carbonyl (C=O) groups excluding carboxylic acids is 3. The third-order valence-corrected chi connectivity index (χ3v) is 5.72. The average molecular weight is 368 g/mol. The molecular formula is C20H37N3O3. The summed E-state index contributed by atoms with van der Waals surface area (Å²) in [6.07, 6.45) is 3.84. The zero-order valence-electron chi connectivity index (χ0n) is 17.4. The Morgan fingerprint density at radius 1 is 1.12 bits per heavy atom. The van der Waals surface area contributed by atoms with Gasteiger partial charge in [-0.1, -0.05) is 34.6 Å². The first-order valence-corrected chi connectivity index (χ1v) is 9.98. The van der Waals surface area contributed by atoms with Crippen LogP contribution >= 0.6 is 0 Å². The topological polar surface area (TPSA) is 78.5 Å². The van der Waals surface area contributed by atoms with Gasteiger partial charge < -0.3 is 15.5 Å². The Morgan fingerprint density at radius 2 is 1.73 bits per heavy atom. The second-order valence-electron chi connectivity index (χ2n) is 8.26. The summed E-state index contributed by atoms with van der Waals surface area (Å²) in [7, 11) is 0. The highest BCUT2D eigenvalue weighted by molar-refractivity contribution is 5.81. The number of rotatable bonds is 10. The lowest BCUT2D eigenvalue weighted by Gasteiger charge is -2.37. The Morgan fingerprint density at radius 3 is 2.23 bits per heavy atom. The van der Waals surface area contributed by atoms with Crippen molar-refractivity contribution in [2.45, 2.75) is 79.7 Å². The molecule has 6 nitrogen and oxygen atoms in total. The third kappa shape index (κ3) is 5.99. The van der Waals surface area contributed by atoms with Crippen molar-refractivity contribution in [1.29, 1.82) is 0 Å². The molecule has 6 heteroatoms. The SMILES string of the molecule is CCC(C)C(=O)NCNC(=O)C(CC)C(C)(C)CC(C)N1CCCC1=O. The van der Waals surface area contributed by atoms with Gasteiger partial charge in [0.1, 0.15) is 0 Å². The molecule has 0 bridgehead atoms. The van der Waals surface area contributed by atoms with Crippen molar-refractivity contribution in [2.75, 3.05) is 13.2 Å². The summed E-state index contributed by atoms with van der Waals surface area (Å²) in [5, 5.41) is 5.61. The maximum atomic E-state index is 12.7. The number of hydrogen-bond donors (Lipinski definition) is 2. The Labute approximate surface area is 158 Å². The normalized spacial score (nSPS) is 18.4. The molecule has 150 valence electrons. The van der Waals surface area contributed by atoms with Crippen LogP contribution in [0.3, 0.4) is 0 Å². The molecule has 1 saturated heterocycles. The molecule has 1 rings (SSSR count). The van der Waals surface area contributed by atoms with Crippen LogP contribution in [0.1, 0.15) is 73.6 Å². The number of carbonyl (C=O) groups is 3. The lowest BCUT2D eigenvalue weighted by atomic mass is 9.72. The van der Waals surface area contributed by atoms with E-state index in [9.17, 15) is 14.4 Å². The first-order chi connectivity index (χ1) is 12.1. The lowest BCUT2D eigenvalue weighted by molar-refractivity contribution is -0.131. The Hall–Kier alpha value is -1.59. The molecule has 0 aromatic rings. The fourth-order valence-corrected chi connectivity index (χ4v) is 3.94. The highest BCUT2D eigenvalue weighted by Gasteiger charge is 2.37. The summed E-state index contributed by atoms with van der Waals surface area (Å²) in [6, 6.07) is 0.131. The molecule has 0 aromatic carbocycles. The van der Waals surface area contributed by atoms with E-state index in [1.165, 1.54) is 0 Å². The maximum Gasteiger partial charge on any atom is 0.225 e. The van der Waals surface area contributed by atoms with Crippen LogP contribution in [0.15, 0.2) is 0 Å². The van der Waals surface area contributed by atoms with Crippen molar-refractivity contribution in [3.05, 3.63) is 0 Å². The second-order valence-corrected chi connectivity index (χ2v) is 8.26. The fourth-order valence-electron chi connectivity index (χ4n) is 3.94. The van der Waals surface area contributed by atoms with Gasteiger partial charge in [-0.3, -0.25) is 14.4 Å². The predicted octanol–water partition coefficient (Wildman–Crippen LogP) is 2.68. The van der Waals surface area contributed by atoms with Gasteiger partial charge in [-0.25, -0.2) is 0 Å². The fraction of sp³-hybridized carbons (Fsp3) is 0.850. The Kier molecular flexibility index (Phi) is 8.57. The van der Waals surface area contributed by atoms with Gasteiger partial charge in [0.15, 0.2) is 0 Å².